The Hall–Kier alpha value is -3.31. The van der Waals surface area contributed by atoms with Crippen LogP contribution in [0.2, 0.25) is 5.02 Å². The van der Waals surface area contributed by atoms with E-state index in [9.17, 15) is 4.79 Å². The minimum Gasteiger partial charge on any atom is -0.493 e. The second kappa shape index (κ2) is 11.9. The molecule has 5 nitrogen and oxygen atoms in total. The van der Waals surface area contributed by atoms with Gasteiger partial charge in [0.15, 0.2) is 0 Å². The first kappa shape index (κ1) is 24.8. The Kier molecular flexibility index (Phi) is 8.43. The number of hydrogen-bond donors (Lipinski definition) is 1. The van der Waals surface area contributed by atoms with Crippen LogP contribution in [0.15, 0.2) is 66.7 Å². The predicted octanol–water partition coefficient (Wildman–Crippen LogP) is 6.53. The van der Waals surface area contributed by atoms with Gasteiger partial charge in [-0.2, -0.15) is 0 Å². The fraction of sp³-hybridized carbons (Fsp3) is 0.310. The van der Waals surface area contributed by atoms with Gasteiger partial charge in [0, 0.05) is 19.5 Å². The maximum absolute atomic E-state index is 12.4. The number of nitrogens with zero attached hydrogens (tertiary/aromatic N) is 2. The monoisotopic (exact) mass is 489 g/mol. The number of nitrogens with one attached hydrogen (secondary N) is 1. The number of unbranched alkanes of at least 4 members (excludes halogenated alkanes) is 1. The summed E-state index contributed by atoms with van der Waals surface area (Å²) in [5.74, 6) is 1.87. The summed E-state index contributed by atoms with van der Waals surface area (Å²) in [5.41, 5.74) is 5.04. The van der Waals surface area contributed by atoms with Crippen LogP contribution in [0.1, 0.15) is 46.6 Å². The first-order valence-electron chi connectivity index (χ1n) is 12.2. The molecule has 6 heteroatoms. The van der Waals surface area contributed by atoms with Crippen LogP contribution in [0.5, 0.6) is 5.75 Å². The van der Waals surface area contributed by atoms with Gasteiger partial charge in [-0.25, -0.2) is 4.98 Å². The Balaban J connectivity index is 1.30. The van der Waals surface area contributed by atoms with Crippen molar-refractivity contribution in [1.29, 1.82) is 0 Å². The average Bonchev–Trinajstić information content (AvgIpc) is 3.21. The van der Waals surface area contributed by atoms with E-state index >= 15 is 0 Å². The molecule has 1 amide bonds. The molecule has 0 fully saturated rings. The molecule has 1 heterocycles. The highest BCUT2D eigenvalue weighted by Crippen LogP contribution is 2.21. The summed E-state index contributed by atoms with van der Waals surface area (Å²) in [7, 11) is 0. The third kappa shape index (κ3) is 6.43. The van der Waals surface area contributed by atoms with E-state index in [2.05, 4.69) is 60.1 Å². The molecule has 182 valence electrons. The van der Waals surface area contributed by atoms with E-state index in [4.69, 9.17) is 21.3 Å². The number of amides is 1. The molecule has 0 aliphatic carbocycles. The van der Waals surface area contributed by atoms with Crippen LogP contribution >= 0.6 is 11.6 Å². The van der Waals surface area contributed by atoms with Gasteiger partial charge in [0.05, 0.1) is 28.2 Å². The normalized spacial score (nSPS) is 11.1. The Bertz CT molecular complexity index is 1300. The zero-order valence-corrected chi connectivity index (χ0v) is 21.1. The highest BCUT2D eigenvalue weighted by molar-refractivity contribution is 6.33. The number of carbonyl (C=O) groups excluding carboxylic acids is 1. The maximum Gasteiger partial charge on any atom is 0.252 e. The zero-order valence-electron chi connectivity index (χ0n) is 20.4. The van der Waals surface area contributed by atoms with E-state index in [1.54, 1.807) is 12.1 Å². The van der Waals surface area contributed by atoms with Crippen molar-refractivity contribution < 1.29 is 9.53 Å². The molecule has 0 radical (unpaired) electrons. The van der Waals surface area contributed by atoms with Gasteiger partial charge in [-0.15, -0.1) is 0 Å². The number of imidazole rings is 1. The van der Waals surface area contributed by atoms with Crippen molar-refractivity contribution in [1.82, 2.24) is 14.9 Å². The number of carbonyl (C=O) groups is 1. The molecule has 1 aromatic heterocycles. The molecule has 4 rings (SSSR count). The molecule has 1 N–H and O–H groups in total. The predicted molar refractivity (Wildman–Crippen MR) is 142 cm³/mol. The summed E-state index contributed by atoms with van der Waals surface area (Å²) >= 11 is 6.13. The van der Waals surface area contributed by atoms with Crippen molar-refractivity contribution >= 4 is 28.5 Å². The summed E-state index contributed by atoms with van der Waals surface area (Å²) in [4.78, 5) is 17.3. The minimum absolute atomic E-state index is 0.145. The molecule has 0 spiro atoms. The molecule has 0 atom stereocenters. The molecular weight excluding hydrogens is 458 g/mol. The first-order chi connectivity index (χ1) is 17.0. The molecular formula is C29H32ClN3O2. The third-order valence-electron chi connectivity index (χ3n) is 6.09. The van der Waals surface area contributed by atoms with Crippen molar-refractivity contribution in [3.8, 4) is 5.75 Å². The Morgan fingerprint density at radius 2 is 1.80 bits per heavy atom. The summed E-state index contributed by atoms with van der Waals surface area (Å²) in [5, 5.41) is 3.44. The molecule has 4 aromatic rings. The summed E-state index contributed by atoms with van der Waals surface area (Å²) in [6, 6.07) is 21.7. The van der Waals surface area contributed by atoms with E-state index in [0.29, 0.717) is 23.7 Å². The number of para-hydroxylation sites is 2. The SMILES string of the molecule is Cc1ccc(C)c(OCCCCn2c(CCCNC(=O)c3ccccc3Cl)nc3ccccc32)c1. The second-order valence-electron chi connectivity index (χ2n) is 8.83. The molecule has 3 aromatic carbocycles. The molecule has 0 saturated carbocycles. The van der Waals surface area contributed by atoms with E-state index in [1.807, 2.05) is 18.2 Å². The maximum atomic E-state index is 12.4. The van der Waals surface area contributed by atoms with Gasteiger partial charge in [0.1, 0.15) is 11.6 Å². The van der Waals surface area contributed by atoms with Crippen LogP contribution in [0, 0.1) is 13.8 Å². The molecule has 0 unspecified atom stereocenters. The van der Waals surface area contributed by atoms with E-state index in [0.717, 1.165) is 54.8 Å². The van der Waals surface area contributed by atoms with Crippen LogP contribution in [-0.4, -0.2) is 28.6 Å². The topological polar surface area (TPSA) is 56.1 Å². The molecule has 0 bridgehead atoms. The van der Waals surface area contributed by atoms with Crippen LogP contribution in [0.4, 0.5) is 0 Å². The number of rotatable bonds is 11. The number of aromatic nitrogens is 2. The van der Waals surface area contributed by atoms with Gasteiger partial charge in [-0.3, -0.25) is 4.79 Å². The number of benzene rings is 3. The lowest BCUT2D eigenvalue weighted by Gasteiger charge is -2.12. The largest absolute Gasteiger partial charge is 0.493 e. The van der Waals surface area contributed by atoms with Gasteiger partial charge in [-0.05, 0) is 74.6 Å². The average molecular weight is 490 g/mol. The van der Waals surface area contributed by atoms with Crippen LogP contribution in [0.3, 0.4) is 0 Å². The van der Waals surface area contributed by atoms with E-state index in [-0.39, 0.29) is 5.91 Å². The van der Waals surface area contributed by atoms with Crippen molar-refractivity contribution in [2.75, 3.05) is 13.2 Å². The zero-order chi connectivity index (χ0) is 24.6. The number of ether oxygens (including phenoxy) is 1. The van der Waals surface area contributed by atoms with E-state index in [1.165, 1.54) is 11.1 Å². The molecule has 35 heavy (non-hydrogen) atoms. The fourth-order valence-corrected chi connectivity index (χ4v) is 4.39. The Morgan fingerprint density at radius 3 is 2.66 bits per heavy atom. The lowest BCUT2D eigenvalue weighted by molar-refractivity contribution is 0.0953. The van der Waals surface area contributed by atoms with Gasteiger partial charge in [-0.1, -0.05) is 48.0 Å². The molecule has 0 saturated heterocycles. The fourth-order valence-electron chi connectivity index (χ4n) is 4.17. The van der Waals surface area contributed by atoms with E-state index < -0.39 is 0 Å². The number of aryl methyl sites for hydroxylation is 4. The lowest BCUT2D eigenvalue weighted by atomic mass is 10.1. The first-order valence-corrected chi connectivity index (χ1v) is 12.6. The van der Waals surface area contributed by atoms with Gasteiger partial charge >= 0.3 is 0 Å². The highest BCUT2D eigenvalue weighted by Gasteiger charge is 2.12. The number of fused-ring (bicyclic) bond motifs is 1. The van der Waals surface area contributed by atoms with Crippen LogP contribution < -0.4 is 10.1 Å². The summed E-state index contributed by atoms with van der Waals surface area (Å²) < 4.78 is 8.34. The summed E-state index contributed by atoms with van der Waals surface area (Å²) in [6.07, 6.45) is 3.56. The number of halogens is 1. The van der Waals surface area contributed by atoms with Gasteiger partial charge in [0.2, 0.25) is 0 Å². The van der Waals surface area contributed by atoms with Crippen molar-refractivity contribution in [2.45, 2.75) is 46.1 Å². The second-order valence-corrected chi connectivity index (χ2v) is 9.24. The molecule has 0 aliphatic heterocycles. The third-order valence-corrected chi connectivity index (χ3v) is 6.42. The molecule has 0 aliphatic rings. The Labute approximate surface area is 212 Å². The van der Waals surface area contributed by atoms with Crippen molar-refractivity contribution in [2.24, 2.45) is 0 Å². The number of hydrogen-bond acceptors (Lipinski definition) is 3. The van der Waals surface area contributed by atoms with Crippen molar-refractivity contribution in [3.05, 3.63) is 94.3 Å². The van der Waals surface area contributed by atoms with Gasteiger partial charge < -0.3 is 14.6 Å². The van der Waals surface area contributed by atoms with Gasteiger partial charge in [0.25, 0.3) is 5.91 Å². The smallest absolute Gasteiger partial charge is 0.252 e. The lowest BCUT2D eigenvalue weighted by Crippen LogP contribution is -2.25. The quantitative estimate of drug-likeness (QED) is 0.244. The minimum atomic E-state index is -0.145. The highest BCUT2D eigenvalue weighted by atomic mass is 35.5. The van der Waals surface area contributed by atoms with Crippen LogP contribution in [-0.2, 0) is 13.0 Å². The Morgan fingerprint density at radius 1 is 1.00 bits per heavy atom. The standard InChI is InChI=1S/C29H32ClN3O2/c1-21-15-16-22(2)27(20-21)35-19-8-7-18-33-26-13-6-5-12-25(26)32-28(33)14-9-17-31-29(34)23-10-3-4-11-24(23)30/h3-6,10-13,15-16,20H,7-9,14,17-19H2,1-2H3,(H,31,34). The summed E-state index contributed by atoms with van der Waals surface area (Å²) in [6.45, 7) is 6.31. The van der Waals surface area contributed by atoms with Crippen LogP contribution in [0.25, 0.3) is 11.0 Å². The van der Waals surface area contributed by atoms with Crippen molar-refractivity contribution in [3.63, 3.8) is 0 Å².